The summed E-state index contributed by atoms with van der Waals surface area (Å²) in [5.41, 5.74) is 4.07. The van der Waals surface area contributed by atoms with E-state index in [-0.39, 0.29) is 0 Å². The van der Waals surface area contributed by atoms with Crippen LogP contribution >= 0.6 is 11.3 Å². The molecule has 2 aliphatic heterocycles. The number of aromatic amines is 1. The van der Waals surface area contributed by atoms with Crippen molar-refractivity contribution < 1.29 is 13.2 Å². The minimum absolute atomic E-state index is 0.528. The van der Waals surface area contributed by atoms with Crippen LogP contribution in [0, 0.1) is 6.92 Å². The number of ether oxygens (including phenoxy) is 1. The summed E-state index contributed by atoms with van der Waals surface area (Å²) in [4.78, 5) is 16.1. The molecule has 4 aromatic rings. The van der Waals surface area contributed by atoms with Gasteiger partial charge in [-0.1, -0.05) is 12.1 Å². The summed E-state index contributed by atoms with van der Waals surface area (Å²) in [5, 5.41) is 8.26. The van der Waals surface area contributed by atoms with Crippen molar-refractivity contribution in [3.63, 3.8) is 0 Å². The summed E-state index contributed by atoms with van der Waals surface area (Å²) in [5.74, 6) is 1.66. The van der Waals surface area contributed by atoms with E-state index in [1.807, 2.05) is 24.4 Å². The van der Waals surface area contributed by atoms with E-state index in [4.69, 9.17) is 14.7 Å². The number of benzene rings is 1. The lowest BCUT2D eigenvalue weighted by molar-refractivity contribution is 0.122. The van der Waals surface area contributed by atoms with Gasteiger partial charge in [0.15, 0.2) is 11.6 Å². The summed E-state index contributed by atoms with van der Waals surface area (Å²) in [6.07, 6.45) is 3.11. The van der Waals surface area contributed by atoms with E-state index in [1.54, 1.807) is 15.6 Å². The summed E-state index contributed by atoms with van der Waals surface area (Å²) >= 11 is 1.75. The van der Waals surface area contributed by atoms with Crippen LogP contribution in [0.4, 0.5) is 5.82 Å². The Bertz CT molecular complexity index is 1520. The highest BCUT2D eigenvalue weighted by molar-refractivity contribution is 7.88. The predicted molar refractivity (Wildman–Crippen MR) is 142 cm³/mol. The maximum atomic E-state index is 11.9. The van der Waals surface area contributed by atoms with Crippen LogP contribution in [0.2, 0.25) is 0 Å². The topological polar surface area (TPSA) is 108 Å². The molecule has 0 saturated carbocycles. The number of piperazine rings is 1. The number of H-pyrrole nitrogens is 1. The number of aryl methyl sites for hydroxylation is 1. The van der Waals surface area contributed by atoms with Crippen molar-refractivity contribution in [2.75, 3.05) is 63.6 Å². The molecule has 10 nitrogen and oxygen atoms in total. The zero-order valence-electron chi connectivity index (χ0n) is 20.4. The zero-order chi connectivity index (χ0) is 24.9. The van der Waals surface area contributed by atoms with E-state index in [9.17, 15) is 8.42 Å². The van der Waals surface area contributed by atoms with Crippen LogP contribution in [0.25, 0.3) is 32.5 Å². The highest BCUT2D eigenvalue weighted by atomic mass is 32.2. The lowest BCUT2D eigenvalue weighted by atomic mass is 10.1. The lowest BCUT2D eigenvalue weighted by Crippen LogP contribution is -2.47. The molecule has 0 bridgehead atoms. The Morgan fingerprint density at radius 2 is 1.86 bits per heavy atom. The van der Waals surface area contributed by atoms with Gasteiger partial charge < -0.3 is 9.64 Å². The van der Waals surface area contributed by atoms with Gasteiger partial charge in [0, 0.05) is 61.6 Å². The van der Waals surface area contributed by atoms with Gasteiger partial charge >= 0.3 is 0 Å². The van der Waals surface area contributed by atoms with Crippen LogP contribution in [0.3, 0.4) is 0 Å². The third-order valence-corrected chi connectivity index (χ3v) is 9.62. The molecule has 0 atom stereocenters. The van der Waals surface area contributed by atoms with E-state index in [2.05, 4.69) is 26.9 Å². The molecule has 2 saturated heterocycles. The van der Waals surface area contributed by atoms with Gasteiger partial charge in [-0.15, -0.1) is 11.3 Å². The van der Waals surface area contributed by atoms with Crippen molar-refractivity contribution >= 4 is 48.3 Å². The highest BCUT2D eigenvalue weighted by Gasteiger charge is 2.26. The number of hydrogen-bond donors (Lipinski definition) is 1. The number of anilines is 1. The molecule has 1 N–H and O–H groups in total. The molecule has 6 rings (SSSR count). The first-order chi connectivity index (χ1) is 17.4. The fourth-order valence-corrected chi connectivity index (χ4v) is 7.10. The molecule has 190 valence electrons. The Morgan fingerprint density at radius 1 is 1.08 bits per heavy atom. The van der Waals surface area contributed by atoms with Crippen LogP contribution in [0.1, 0.15) is 10.4 Å². The maximum Gasteiger partial charge on any atom is 0.211 e. The van der Waals surface area contributed by atoms with Gasteiger partial charge in [0.1, 0.15) is 0 Å². The number of thiophene rings is 1. The van der Waals surface area contributed by atoms with Gasteiger partial charge in [-0.3, -0.25) is 10.00 Å². The van der Waals surface area contributed by atoms with Crippen molar-refractivity contribution in [1.82, 2.24) is 29.4 Å². The molecule has 1 aromatic carbocycles. The molecule has 2 aliphatic rings. The normalized spacial score (nSPS) is 18.4. The van der Waals surface area contributed by atoms with Crippen molar-refractivity contribution in [3.8, 4) is 11.4 Å². The Kier molecular flexibility index (Phi) is 6.16. The summed E-state index contributed by atoms with van der Waals surface area (Å²) in [7, 11) is -3.14. The predicted octanol–water partition coefficient (Wildman–Crippen LogP) is 2.46. The second-order valence-electron chi connectivity index (χ2n) is 9.37. The van der Waals surface area contributed by atoms with Crippen LogP contribution in [0.15, 0.2) is 24.4 Å². The van der Waals surface area contributed by atoms with Gasteiger partial charge in [-0.05, 0) is 18.6 Å². The number of fused-ring (bicyclic) bond motifs is 2. The van der Waals surface area contributed by atoms with Gasteiger partial charge in [-0.25, -0.2) is 18.4 Å². The van der Waals surface area contributed by atoms with Crippen molar-refractivity contribution in [3.05, 3.63) is 34.8 Å². The average Bonchev–Trinajstić information content (AvgIpc) is 3.49. The third-order valence-electron chi connectivity index (χ3n) is 7.05. The third kappa shape index (κ3) is 4.37. The number of morpholine rings is 1. The molecular weight excluding hydrogens is 498 g/mol. The molecule has 0 aliphatic carbocycles. The van der Waals surface area contributed by atoms with Crippen LogP contribution in [-0.2, 0) is 21.3 Å². The van der Waals surface area contributed by atoms with E-state index in [0.717, 1.165) is 70.8 Å². The summed E-state index contributed by atoms with van der Waals surface area (Å²) in [6.45, 7) is 8.36. The summed E-state index contributed by atoms with van der Waals surface area (Å²) in [6, 6.07) is 6.05. The van der Waals surface area contributed by atoms with E-state index < -0.39 is 10.0 Å². The minimum atomic E-state index is -3.14. The number of aromatic nitrogens is 4. The standard InChI is InChI=1S/C24H29N7O3S2/c1-16-20(15-29-6-8-31(9-7-29)36(2,32)33)35-22-21(16)26-23(27-24(22)30-10-12-34-13-11-30)17-4-3-5-19-18(17)14-25-28-19/h3-5,14H,6-13,15H2,1-2H3,(H,25,28). The molecule has 0 amide bonds. The van der Waals surface area contributed by atoms with E-state index in [0.29, 0.717) is 32.1 Å². The molecule has 2 fully saturated rings. The Morgan fingerprint density at radius 3 is 2.61 bits per heavy atom. The second-order valence-corrected chi connectivity index (χ2v) is 12.5. The molecule has 36 heavy (non-hydrogen) atoms. The lowest BCUT2D eigenvalue weighted by Gasteiger charge is -2.33. The number of hydrogen-bond acceptors (Lipinski definition) is 9. The first-order valence-corrected chi connectivity index (χ1v) is 14.8. The molecule has 0 spiro atoms. The number of nitrogens with one attached hydrogen (secondary N) is 1. The largest absolute Gasteiger partial charge is 0.378 e. The van der Waals surface area contributed by atoms with E-state index >= 15 is 0 Å². The number of rotatable bonds is 5. The van der Waals surface area contributed by atoms with E-state index in [1.165, 1.54) is 11.1 Å². The zero-order valence-corrected chi connectivity index (χ0v) is 22.0. The van der Waals surface area contributed by atoms with Gasteiger partial charge in [0.05, 0.1) is 41.4 Å². The average molecular weight is 528 g/mol. The van der Waals surface area contributed by atoms with Crippen molar-refractivity contribution in [2.24, 2.45) is 0 Å². The first-order valence-electron chi connectivity index (χ1n) is 12.1. The van der Waals surface area contributed by atoms with Crippen LogP contribution < -0.4 is 4.90 Å². The van der Waals surface area contributed by atoms with Crippen molar-refractivity contribution in [2.45, 2.75) is 13.5 Å². The molecule has 5 heterocycles. The summed E-state index contributed by atoms with van der Waals surface area (Å²) < 4.78 is 32.1. The molecule has 3 aromatic heterocycles. The molecule has 12 heteroatoms. The van der Waals surface area contributed by atoms with Crippen molar-refractivity contribution in [1.29, 1.82) is 0 Å². The first kappa shape index (κ1) is 23.7. The monoisotopic (exact) mass is 527 g/mol. The van der Waals surface area contributed by atoms with Gasteiger partial charge in [-0.2, -0.15) is 9.40 Å². The molecule has 0 radical (unpaired) electrons. The highest BCUT2D eigenvalue weighted by Crippen LogP contribution is 2.39. The SMILES string of the molecule is Cc1c(CN2CCN(S(C)(=O)=O)CC2)sc2c(N3CCOCC3)nc(-c3cccc4[nH]ncc34)nc12. The number of nitrogens with zero attached hydrogens (tertiary/aromatic N) is 6. The Labute approximate surface area is 213 Å². The van der Waals surface area contributed by atoms with Gasteiger partial charge in [0.2, 0.25) is 10.0 Å². The smallest absolute Gasteiger partial charge is 0.211 e. The van der Waals surface area contributed by atoms with Crippen LogP contribution in [0.5, 0.6) is 0 Å². The van der Waals surface area contributed by atoms with Gasteiger partial charge in [0.25, 0.3) is 0 Å². The fraction of sp³-hybridized carbons (Fsp3) is 0.458. The fourth-order valence-electron chi connectivity index (χ4n) is 4.96. The molecule has 0 unspecified atom stereocenters. The number of sulfonamides is 1. The second kappa shape index (κ2) is 9.34. The maximum absolute atomic E-state index is 11.9. The Hall–Kier alpha value is -2.64. The quantitative estimate of drug-likeness (QED) is 0.422. The molecular formula is C24H29N7O3S2. The van der Waals surface area contributed by atoms with Crippen LogP contribution in [-0.4, -0.2) is 96.5 Å². The minimum Gasteiger partial charge on any atom is -0.378 e. The Balaban J connectivity index is 1.40.